The predicted octanol–water partition coefficient (Wildman–Crippen LogP) is -1.18. The van der Waals surface area contributed by atoms with Gasteiger partial charge in [-0.15, -0.1) is 0 Å². The number of nitrogens with zero attached hydrogens (tertiary/aromatic N) is 1. The summed E-state index contributed by atoms with van der Waals surface area (Å²) in [6.07, 6.45) is -0.760. The van der Waals surface area contributed by atoms with Gasteiger partial charge in [0, 0.05) is 6.04 Å². The molecule has 0 bridgehead atoms. The molecule has 1 atom stereocenters. The zero-order valence-corrected chi connectivity index (χ0v) is 10.6. The lowest BCUT2D eigenvalue weighted by Gasteiger charge is -2.27. The average molecular weight is 275 g/mol. The van der Waals surface area contributed by atoms with Crippen molar-refractivity contribution in [3.05, 3.63) is 0 Å². The number of amides is 3. The van der Waals surface area contributed by atoms with Crippen molar-refractivity contribution in [3.8, 4) is 0 Å². The van der Waals surface area contributed by atoms with Crippen LogP contribution in [0.5, 0.6) is 0 Å². The summed E-state index contributed by atoms with van der Waals surface area (Å²) in [4.78, 5) is 44.9. The molecule has 0 heterocycles. The molecule has 3 amide bonds. The van der Waals surface area contributed by atoms with E-state index in [0.29, 0.717) is 0 Å². The van der Waals surface area contributed by atoms with E-state index < -0.39 is 42.4 Å². The fourth-order valence-electron chi connectivity index (χ4n) is 1.26. The van der Waals surface area contributed by atoms with Crippen molar-refractivity contribution in [2.75, 3.05) is 6.54 Å². The summed E-state index contributed by atoms with van der Waals surface area (Å²) in [5, 5.41) is 19.4. The zero-order valence-electron chi connectivity index (χ0n) is 10.6. The number of carbonyl (C=O) groups is 4. The first-order valence-electron chi connectivity index (χ1n) is 5.45. The van der Waals surface area contributed by atoms with Crippen molar-refractivity contribution < 1.29 is 29.4 Å². The van der Waals surface area contributed by atoms with E-state index in [0.717, 1.165) is 4.90 Å². The Hall–Kier alpha value is -2.32. The lowest BCUT2D eigenvalue weighted by Crippen LogP contribution is -2.52. The normalized spacial score (nSPS) is 11.7. The number of carboxylic acids is 2. The van der Waals surface area contributed by atoms with Crippen LogP contribution in [0.2, 0.25) is 0 Å². The molecule has 0 fully saturated rings. The summed E-state index contributed by atoms with van der Waals surface area (Å²) in [6.45, 7) is 2.83. The molecule has 108 valence electrons. The van der Waals surface area contributed by atoms with E-state index in [1.165, 1.54) is 0 Å². The van der Waals surface area contributed by atoms with E-state index in [9.17, 15) is 19.2 Å². The highest BCUT2D eigenvalue weighted by Gasteiger charge is 2.27. The third-order valence-corrected chi connectivity index (χ3v) is 2.18. The van der Waals surface area contributed by atoms with Crippen LogP contribution >= 0.6 is 0 Å². The van der Waals surface area contributed by atoms with Crippen LogP contribution in [0.1, 0.15) is 20.3 Å². The van der Waals surface area contributed by atoms with Gasteiger partial charge in [-0.2, -0.15) is 0 Å². The fourth-order valence-corrected chi connectivity index (χ4v) is 1.26. The Morgan fingerprint density at radius 2 is 1.74 bits per heavy atom. The molecule has 0 aromatic rings. The van der Waals surface area contributed by atoms with Crippen LogP contribution in [0.3, 0.4) is 0 Å². The number of rotatable bonds is 7. The molecule has 0 saturated heterocycles. The van der Waals surface area contributed by atoms with Crippen LogP contribution in [-0.4, -0.2) is 57.6 Å². The first kappa shape index (κ1) is 16.7. The lowest BCUT2D eigenvalue weighted by molar-refractivity contribution is -0.145. The highest BCUT2D eigenvalue weighted by atomic mass is 16.4. The van der Waals surface area contributed by atoms with Gasteiger partial charge in [-0.1, -0.05) is 0 Å². The number of aliphatic carboxylic acids is 2. The highest BCUT2D eigenvalue weighted by Crippen LogP contribution is 2.01. The monoisotopic (exact) mass is 275 g/mol. The molecular weight excluding hydrogens is 258 g/mol. The average Bonchev–Trinajstić information content (AvgIpc) is 2.23. The van der Waals surface area contributed by atoms with Crippen molar-refractivity contribution >= 4 is 23.9 Å². The molecule has 5 N–H and O–H groups in total. The van der Waals surface area contributed by atoms with E-state index in [1.807, 2.05) is 5.32 Å². The van der Waals surface area contributed by atoms with E-state index >= 15 is 0 Å². The Morgan fingerprint density at radius 3 is 2.05 bits per heavy atom. The molecule has 0 aliphatic rings. The molecule has 0 radical (unpaired) electrons. The molecule has 0 spiro atoms. The number of hydrogen-bond donors (Lipinski definition) is 4. The highest BCUT2D eigenvalue weighted by molar-refractivity contribution is 5.88. The largest absolute Gasteiger partial charge is 0.481 e. The number of carbonyl (C=O) groups excluding carboxylic acids is 2. The van der Waals surface area contributed by atoms with Gasteiger partial charge >= 0.3 is 18.0 Å². The maximum absolute atomic E-state index is 11.8. The lowest BCUT2D eigenvalue weighted by atomic mass is 10.2. The number of hydrogen-bond acceptors (Lipinski definition) is 4. The Kier molecular flexibility index (Phi) is 6.31. The van der Waals surface area contributed by atoms with Gasteiger partial charge in [0.2, 0.25) is 5.91 Å². The van der Waals surface area contributed by atoms with Gasteiger partial charge in [0.05, 0.1) is 6.42 Å². The molecule has 9 heteroatoms. The molecule has 0 saturated carbocycles. The first-order chi connectivity index (χ1) is 8.65. The third-order valence-electron chi connectivity index (χ3n) is 2.18. The summed E-state index contributed by atoms with van der Waals surface area (Å²) >= 11 is 0. The second-order valence-electron chi connectivity index (χ2n) is 4.13. The summed E-state index contributed by atoms with van der Waals surface area (Å²) in [5.41, 5.74) is 4.97. The minimum absolute atomic E-state index is 0.386. The van der Waals surface area contributed by atoms with E-state index in [1.54, 1.807) is 13.8 Å². The van der Waals surface area contributed by atoms with E-state index in [2.05, 4.69) is 0 Å². The number of primary amides is 1. The zero-order chi connectivity index (χ0) is 15.2. The van der Waals surface area contributed by atoms with Gasteiger partial charge in [0.15, 0.2) is 0 Å². The van der Waals surface area contributed by atoms with Crippen LogP contribution in [0.25, 0.3) is 0 Å². The smallest absolute Gasteiger partial charge is 0.326 e. The maximum Gasteiger partial charge on any atom is 0.326 e. The van der Waals surface area contributed by atoms with Crippen molar-refractivity contribution in [1.29, 1.82) is 0 Å². The molecule has 9 nitrogen and oxygen atoms in total. The van der Waals surface area contributed by atoms with Gasteiger partial charge < -0.3 is 26.2 Å². The third kappa shape index (κ3) is 6.24. The van der Waals surface area contributed by atoms with Crippen LogP contribution < -0.4 is 11.1 Å². The van der Waals surface area contributed by atoms with Crippen LogP contribution in [0.15, 0.2) is 0 Å². The van der Waals surface area contributed by atoms with Crippen LogP contribution in [-0.2, 0) is 14.4 Å². The van der Waals surface area contributed by atoms with Gasteiger partial charge in [-0.3, -0.25) is 9.59 Å². The molecule has 0 unspecified atom stereocenters. The summed E-state index contributed by atoms with van der Waals surface area (Å²) in [7, 11) is 0. The van der Waals surface area contributed by atoms with Crippen LogP contribution in [0.4, 0.5) is 4.79 Å². The number of nitrogens with two attached hydrogens (primary N) is 1. The fraction of sp³-hybridized carbons (Fsp3) is 0.600. The molecule has 0 rings (SSSR count). The van der Waals surface area contributed by atoms with Gasteiger partial charge in [-0.05, 0) is 13.8 Å². The minimum Gasteiger partial charge on any atom is -0.481 e. The Bertz CT molecular complexity index is 381. The Morgan fingerprint density at radius 1 is 1.21 bits per heavy atom. The van der Waals surface area contributed by atoms with Crippen LogP contribution in [0, 0.1) is 0 Å². The molecular formula is C10H17N3O6. The Labute approximate surface area is 109 Å². The molecule has 0 aromatic carbocycles. The topological polar surface area (TPSA) is 150 Å². The summed E-state index contributed by atoms with van der Waals surface area (Å²) in [6, 6.07) is -2.83. The van der Waals surface area contributed by atoms with Crippen molar-refractivity contribution in [2.45, 2.75) is 32.4 Å². The van der Waals surface area contributed by atoms with E-state index in [4.69, 9.17) is 15.9 Å². The molecule has 0 aliphatic carbocycles. The van der Waals surface area contributed by atoms with Gasteiger partial charge in [-0.25, -0.2) is 9.59 Å². The first-order valence-corrected chi connectivity index (χ1v) is 5.45. The number of carboxylic acid groups (broad SMARTS) is 2. The number of nitrogens with one attached hydrogen (secondary N) is 1. The molecule has 0 aromatic heterocycles. The Balaban J connectivity index is 4.80. The quantitative estimate of drug-likeness (QED) is 0.459. The van der Waals surface area contributed by atoms with Crippen molar-refractivity contribution in [3.63, 3.8) is 0 Å². The molecule has 0 aliphatic heterocycles. The second-order valence-corrected chi connectivity index (χ2v) is 4.13. The van der Waals surface area contributed by atoms with Gasteiger partial charge in [0.25, 0.3) is 0 Å². The summed E-state index contributed by atoms with van der Waals surface area (Å²) in [5.74, 6) is -3.59. The molecule has 19 heavy (non-hydrogen) atoms. The van der Waals surface area contributed by atoms with Gasteiger partial charge in [0.1, 0.15) is 12.6 Å². The van der Waals surface area contributed by atoms with Crippen molar-refractivity contribution in [2.24, 2.45) is 5.73 Å². The maximum atomic E-state index is 11.8. The summed E-state index contributed by atoms with van der Waals surface area (Å²) < 4.78 is 0. The second kappa shape index (κ2) is 7.19. The predicted molar refractivity (Wildman–Crippen MR) is 63.2 cm³/mol. The van der Waals surface area contributed by atoms with Crippen molar-refractivity contribution in [1.82, 2.24) is 10.2 Å². The van der Waals surface area contributed by atoms with E-state index in [-0.39, 0.29) is 6.54 Å². The minimum atomic E-state index is -1.57. The standard InChI is InChI=1S/C10H17N3O6/c1-5(2)13(4-7(11)14)10(19)12-6(9(17)18)3-8(15)16/h5-6H,3-4H2,1-2H3,(H2,11,14)(H,12,19)(H,15,16)(H,17,18)/t6-/m0/s1. The SMILES string of the molecule is CC(C)N(CC(N)=O)C(=O)N[C@@H](CC(=O)O)C(=O)O. The number of urea groups is 1.